The maximum atomic E-state index is 11.0. The maximum absolute atomic E-state index is 11.0. The van der Waals surface area contributed by atoms with Gasteiger partial charge in [0.15, 0.2) is 0 Å². The highest BCUT2D eigenvalue weighted by atomic mass is 32.2. The van der Waals surface area contributed by atoms with Gasteiger partial charge in [-0.2, -0.15) is 0 Å². The molecule has 0 spiro atoms. The zero-order valence-corrected chi connectivity index (χ0v) is 10.8. The van der Waals surface area contributed by atoms with Gasteiger partial charge in [0.1, 0.15) is 9.84 Å². The summed E-state index contributed by atoms with van der Waals surface area (Å²) in [6.07, 6.45) is 3.95. The molecule has 4 nitrogen and oxygen atoms in total. The van der Waals surface area contributed by atoms with Crippen molar-refractivity contribution in [3.05, 3.63) is 24.0 Å². The molecule has 16 heavy (non-hydrogen) atoms. The van der Waals surface area contributed by atoms with E-state index in [4.69, 9.17) is 0 Å². The molecule has 5 heteroatoms. The second-order valence-corrected chi connectivity index (χ2v) is 6.22. The molecule has 0 saturated heterocycles. The van der Waals surface area contributed by atoms with Gasteiger partial charge in [-0.25, -0.2) is 8.42 Å². The number of hydrogen-bond acceptors (Lipinski definition) is 3. The third kappa shape index (κ3) is 4.81. The van der Waals surface area contributed by atoms with Gasteiger partial charge in [-0.05, 0) is 25.1 Å². The quantitative estimate of drug-likeness (QED) is 0.779. The van der Waals surface area contributed by atoms with Gasteiger partial charge in [-0.15, -0.1) is 0 Å². The van der Waals surface area contributed by atoms with E-state index in [0.29, 0.717) is 6.42 Å². The van der Waals surface area contributed by atoms with Crippen molar-refractivity contribution in [3.8, 4) is 0 Å². The molecule has 1 heterocycles. The molecule has 1 rings (SSSR count). The number of hydrogen-bond donors (Lipinski definition) is 1. The number of aromatic nitrogens is 1. The normalized spacial score (nSPS) is 11.9. The second kappa shape index (κ2) is 6.06. The predicted molar refractivity (Wildman–Crippen MR) is 66.1 cm³/mol. The highest BCUT2D eigenvalue weighted by Gasteiger charge is 2.04. The molecule has 0 unspecified atom stereocenters. The van der Waals surface area contributed by atoms with Crippen molar-refractivity contribution >= 4 is 9.84 Å². The summed E-state index contributed by atoms with van der Waals surface area (Å²) < 4.78 is 24.1. The lowest BCUT2D eigenvalue weighted by atomic mass is 10.4. The first-order chi connectivity index (χ1) is 7.53. The van der Waals surface area contributed by atoms with Crippen molar-refractivity contribution < 1.29 is 8.42 Å². The molecule has 0 bridgehead atoms. The largest absolute Gasteiger partial charge is 0.350 e. The van der Waals surface area contributed by atoms with Crippen LogP contribution in [-0.4, -0.2) is 31.5 Å². The molecule has 0 radical (unpaired) electrons. The van der Waals surface area contributed by atoms with E-state index in [9.17, 15) is 8.42 Å². The molecule has 0 aliphatic rings. The lowest BCUT2D eigenvalue weighted by Crippen LogP contribution is -2.16. The average molecular weight is 244 g/mol. The molecule has 0 amide bonds. The van der Waals surface area contributed by atoms with Crippen LogP contribution < -0.4 is 5.32 Å². The Morgan fingerprint density at radius 3 is 2.81 bits per heavy atom. The second-order valence-electron chi connectivity index (χ2n) is 3.96. The minimum atomic E-state index is -2.84. The van der Waals surface area contributed by atoms with Crippen molar-refractivity contribution in [2.24, 2.45) is 0 Å². The SMILES string of the molecule is CCNCc1cccn1CCCS(C)(=O)=O. The van der Waals surface area contributed by atoms with E-state index < -0.39 is 9.84 Å². The van der Waals surface area contributed by atoms with Gasteiger partial charge in [0, 0.05) is 31.2 Å². The van der Waals surface area contributed by atoms with Crippen LogP contribution in [0.3, 0.4) is 0 Å². The van der Waals surface area contributed by atoms with Crippen molar-refractivity contribution in [1.82, 2.24) is 9.88 Å². The van der Waals surface area contributed by atoms with Crippen LogP contribution in [0.1, 0.15) is 19.0 Å². The van der Waals surface area contributed by atoms with Gasteiger partial charge < -0.3 is 9.88 Å². The molecule has 0 fully saturated rings. The van der Waals surface area contributed by atoms with E-state index in [1.807, 2.05) is 12.3 Å². The Hall–Kier alpha value is -0.810. The Kier molecular flexibility index (Phi) is 5.02. The third-order valence-corrected chi connectivity index (χ3v) is 3.42. The first-order valence-electron chi connectivity index (χ1n) is 5.55. The van der Waals surface area contributed by atoms with E-state index in [0.717, 1.165) is 19.6 Å². The zero-order chi connectivity index (χ0) is 12.0. The highest BCUT2D eigenvalue weighted by molar-refractivity contribution is 7.90. The summed E-state index contributed by atoms with van der Waals surface area (Å²) >= 11 is 0. The molecule has 0 atom stereocenters. The van der Waals surface area contributed by atoms with Crippen LogP contribution in [0.2, 0.25) is 0 Å². The van der Waals surface area contributed by atoms with Crippen LogP contribution in [0, 0.1) is 0 Å². The van der Waals surface area contributed by atoms with Gasteiger partial charge in [0.25, 0.3) is 0 Å². The first kappa shape index (κ1) is 13.3. The van der Waals surface area contributed by atoms with Crippen LogP contribution in [0.4, 0.5) is 0 Å². The zero-order valence-electron chi connectivity index (χ0n) is 9.94. The van der Waals surface area contributed by atoms with Gasteiger partial charge in [0.2, 0.25) is 0 Å². The Bertz CT molecular complexity index is 409. The monoisotopic (exact) mass is 244 g/mol. The molecule has 92 valence electrons. The molecular weight excluding hydrogens is 224 g/mol. The van der Waals surface area contributed by atoms with Gasteiger partial charge >= 0.3 is 0 Å². The van der Waals surface area contributed by atoms with E-state index >= 15 is 0 Å². The number of rotatable bonds is 7. The highest BCUT2D eigenvalue weighted by Crippen LogP contribution is 2.04. The van der Waals surface area contributed by atoms with Crippen molar-refractivity contribution in [3.63, 3.8) is 0 Å². The van der Waals surface area contributed by atoms with Crippen molar-refractivity contribution in [2.45, 2.75) is 26.4 Å². The molecule has 0 saturated carbocycles. The summed E-state index contributed by atoms with van der Waals surface area (Å²) in [6, 6.07) is 4.05. The van der Waals surface area contributed by atoms with Crippen molar-refractivity contribution in [1.29, 1.82) is 0 Å². The lowest BCUT2D eigenvalue weighted by Gasteiger charge is -2.09. The Labute approximate surface area is 97.6 Å². The van der Waals surface area contributed by atoms with E-state index in [1.54, 1.807) is 0 Å². The Morgan fingerprint density at radius 1 is 1.44 bits per heavy atom. The topological polar surface area (TPSA) is 51.1 Å². The smallest absolute Gasteiger partial charge is 0.147 e. The van der Waals surface area contributed by atoms with Crippen LogP contribution in [-0.2, 0) is 22.9 Å². The third-order valence-electron chi connectivity index (χ3n) is 2.39. The van der Waals surface area contributed by atoms with E-state index in [2.05, 4.69) is 22.9 Å². The van der Waals surface area contributed by atoms with Crippen LogP contribution in [0.25, 0.3) is 0 Å². The van der Waals surface area contributed by atoms with Crippen LogP contribution in [0.5, 0.6) is 0 Å². The predicted octanol–water partition coefficient (Wildman–Crippen LogP) is 1.03. The average Bonchev–Trinajstić information content (AvgIpc) is 2.60. The number of aryl methyl sites for hydroxylation is 1. The standard InChI is InChI=1S/C11H20N2O2S/c1-3-12-10-11-6-4-7-13(11)8-5-9-16(2,14)15/h4,6-7,12H,3,5,8-10H2,1-2H3. The first-order valence-corrected chi connectivity index (χ1v) is 7.61. The Morgan fingerprint density at radius 2 is 2.19 bits per heavy atom. The number of sulfone groups is 1. The summed E-state index contributed by atoms with van der Waals surface area (Å²) in [6.45, 7) is 4.61. The van der Waals surface area contributed by atoms with Crippen LogP contribution >= 0.6 is 0 Å². The fourth-order valence-electron chi connectivity index (χ4n) is 1.58. The summed E-state index contributed by atoms with van der Waals surface area (Å²) in [4.78, 5) is 0. The van der Waals surface area contributed by atoms with Gasteiger partial charge in [0.05, 0.1) is 5.75 Å². The summed E-state index contributed by atoms with van der Waals surface area (Å²) in [7, 11) is -2.84. The molecule has 1 aromatic heterocycles. The van der Waals surface area contributed by atoms with E-state index in [-0.39, 0.29) is 5.75 Å². The van der Waals surface area contributed by atoms with Gasteiger partial charge in [-0.1, -0.05) is 6.92 Å². The summed E-state index contributed by atoms with van der Waals surface area (Å²) in [5.74, 6) is 0.256. The lowest BCUT2D eigenvalue weighted by molar-refractivity contribution is 0.583. The molecule has 1 N–H and O–H groups in total. The minimum Gasteiger partial charge on any atom is -0.350 e. The van der Waals surface area contributed by atoms with Gasteiger partial charge in [-0.3, -0.25) is 0 Å². The summed E-state index contributed by atoms with van der Waals surface area (Å²) in [5, 5.41) is 3.26. The molecule has 0 aliphatic carbocycles. The fraction of sp³-hybridized carbons (Fsp3) is 0.636. The van der Waals surface area contributed by atoms with Crippen LogP contribution in [0.15, 0.2) is 18.3 Å². The molecule has 0 aliphatic heterocycles. The number of nitrogens with one attached hydrogen (secondary N) is 1. The maximum Gasteiger partial charge on any atom is 0.147 e. The molecular formula is C11H20N2O2S. The molecule has 1 aromatic rings. The molecule has 0 aromatic carbocycles. The van der Waals surface area contributed by atoms with Crippen molar-refractivity contribution in [2.75, 3.05) is 18.6 Å². The fourth-order valence-corrected chi connectivity index (χ4v) is 2.23. The number of nitrogens with zero attached hydrogens (tertiary/aromatic N) is 1. The van der Waals surface area contributed by atoms with E-state index in [1.165, 1.54) is 11.9 Å². The minimum absolute atomic E-state index is 0.256. The summed E-state index contributed by atoms with van der Waals surface area (Å²) in [5.41, 5.74) is 1.20. The Balaban J connectivity index is 2.44.